The first-order valence-electron chi connectivity index (χ1n) is 11.9. The van der Waals surface area contributed by atoms with Gasteiger partial charge in [-0.25, -0.2) is 9.48 Å². The molecule has 2 atom stereocenters. The molecule has 4 rings (SSSR count). The van der Waals surface area contributed by atoms with Gasteiger partial charge >= 0.3 is 6.03 Å². The number of aromatic nitrogens is 2. The van der Waals surface area contributed by atoms with Gasteiger partial charge in [0, 0.05) is 19.7 Å². The zero-order valence-corrected chi connectivity index (χ0v) is 21.3. The monoisotopic (exact) mass is 491 g/mol. The van der Waals surface area contributed by atoms with Gasteiger partial charge in [0.05, 0.1) is 24.4 Å². The number of methoxy groups -OCH3 is 1. The Morgan fingerprint density at radius 3 is 2.58 bits per heavy atom. The Balaban J connectivity index is 1.67. The first-order chi connectivity index (χ1) is 17.2. The first-order valence-corrected chi connectivity index (χ1v) is 11.9. The predicted molar refractivity (Wildman–Crippen MR) is 137 cm³/mol. The van der Waals surface area contributed by atoms with Crippen LogP contribution in [0.2, 0.25) is 0 Å². The Morgan fingerprint density at radius 1 is 1.19 bits per heavy atom. The number of ether oxygens (including phenoxy) is 1. The van der Waals surface area contributed by atoms with Gasteiger partial charge in [-0.05, 0) is 47.6 Å². The SMILES string of the molecule is CNC(=O)c1nn(-c2ccccc2)c(NC(=O)NC2c3cc(COC)ccc3C(C)(C)CC2O)c1C. The Kier molecular flexibility index (Phi) is 7.14. The van der Waals surface area contributed by atoms with Gasteiger partial charge in [-0.15, -0.1) is 0 Å². The van der Waals surface area contributed by atoms with Gasteiger partial charge in [0.2, 0.25) is 0 Å². The molecule has 190 valence electrons. The fraction of sp³-hybridized carbons (Fsp3) is 0.370. The standard InChI is InChI=1S/C27H33N5O4/c1-16-22(25(34)28-4)31-32(18-9-7-6-8-10-18)24(16)30-26(35)29-23-19-13-17(15-36-5)11-12-20(19)27(2,3)14-21(23)33/h6-13,21,23,33H,14-15H2,1-5H3,(H,28,34)(H2,29,30,35). The van der Waals surface area contributed by atoms with E-state index in [9.17, 15) is 14.7 Å². The molecule has 9 heteroatoms. The van der Waals surface area contributed by atoms with Gasteiger partial charge in [0.25, 0.3) is 5.91 Å². The fourth-order valence-corrected chi connectivity index (χ4v) is 4.89. The minimum Gasteiger partial charge on any atom is -0.391 e. The zero-order chi connectivity index (χ0) is 26.0. The van der Waals surface area contributed by atoms with Gasteiger partial charge in [-0.2, -0.15) is 5.10 Å². The maximum atomic E-state index is 13.3. The van der Waals surface area contributed by atoms with Gasteiger partial charge in [-0.3, -0.25) is 10.1 Å². The van der Waals surface area contributed by atoms with Crippen LogP contribution in [-0.4, -0.2) is 47.1 Å². The second-order valence-corrected chi connectivity index (χ2v) is 9.73. The molecule has 0 bridgehead atoms. The quantitative estimate of drug-likeness (QED) is 0.420. The first kappa shape index (κ1) is 25.4. The molecule has 9 nitrogen and oxygen atoms in total. The summed E-state index contributed by atoms with van der Waals surface area (Å²) >= 11 is 0. The number of para-hydroxylation sites is 1. The van der Waals surface area contributed by atoms with E-state index >= 15 is 0 Å². The lowest BCUT2D eigenvalue weighted by molar-refractivity contribution is 0.0880. The maximum absolute atomic E-state index is 13.3. The summed E-state index contributed by atoms with van der Waals surface area (Å²) < 4.78 is 6.82. The number of rotatable bonds is 6. The summed E-state index contributed by atoms with van der Waals surface area (Å²) in [6.45, 7) is 6.34. The molecule has 1 aromatic heterocycles. The van der Waals surface area contributed by atoms with Crippen LogP contribution in [0, 0.1) is 6.92 Å². The van der Waals surface area contributed by atoms with Crippen LogP contribution < -0.4 is 16.0 Å². The Morgan fingerprint density at radius 2 is 1.92 bits per heavy atom. The van der Waals surface area contributed by atoms with E-state index in [0.717, 1.165) is 16.7 Å². The lowest BCUT2D eigenvalue weighted by Crippen LogP contribution is -2.45. The topological polar surface area (TPSA) is 118 Å². The third-order valence-electron chi connectivity index (χ3n) is 6.68. The van der Waals surface area contributed by atoms with E-state index in [1.165, 1.54) is 11.7 Å². The van der Waals surface area contributed by atoms with E-state index < -0.39 is 18.2 Å². The van der Waals surface area contributed by atoms with Crippen LogP contribution in [0.3, 0.4) is 0 Å². The van der Waals surface area contributed by atoms with Crippen LogP contribution in [0.15, 0.2) is 48.5 Å². The molecule has 3 amide bonds. The number of anilines is 1. The third kappa shape index (κ3) is 4.84. The van der Waals surface area contributed by atoms with Gasteiger partial charge in [0.1, 0.15) is 5.82 Å². The predicted octanol–water partition coefficient (Wildman–Crippen LogP) is 3.59. The molecule has 36 heavy (non-hydrogen) atoms. The van der Waals surface area contributed by atoms with Crippen LogP contribution in [0.25, 0.3) is 5.69 Å². The fourth-order valence-electron chi connectivity index (χ4n) is 4.89. The molecule has 3 aromatic rings. The van der Waals surface area contributed by atoms with Crippen molar-refractivity contribution in [1.29, 1.82) is 0 Å². The van der Waals surface area contributed by atoms with Crippen molar-refractivity contribution in [2.45, 2.75) is 51.4 Å². The number of amides is 3. The summed E-state index contributed by atoms with van der Waals surface area (Å²) in [7, 11) is 3.16. The van der Waals surface area contributed by atoms with Crippen molar-refractivity contribution < 1.29 is 19.4 Å². The number of carbonyl (C=O) groups is 2. The van der Waals surface area contributed by atoms with Crippen LogP contribution in [0.4, 0.5) is 10.6 Å². The highest BCUT2D eigenvalue weighted by atomic mass is 16.5. The van der Waals surface area contributed by atoms with Gasteiger partial charge in [0.15, 0.2) is 5.69 Å². The van der Waals surface area contributed by atoms with E-state index in [4.69, 9.17) is 4.74 Å². The number of fused-ring (bicyclic) bond motifs is 1. The number of aliphatic hydroxyl groups is 1. The largest absolute Gasteiger partial charge is 0.391 e. The van der Waals surface area contributed by atoms with Crippen LogP contribution in [0.5, 0.6) is 0 Å². The minimum atomic E-state index is -0.780. The van der Waals surface area contributed by atoms with Gasteiger partial charge in [-0.1, -0.05) is 50.2 Å². The molecule has 1 heterocycles. The average molecular weight is 492 g/mol. The molecule has 0 spiro atoms. The summed E-state index contributed by atoms with van der Waals surface area (Å²) in [5.41, 5.74) is 4.09. The summed E-state index contributed by atoms with van der Waals surface area (Å²) in [6, 6.07) is 14.2. The van der Waals surface area contributed by atoms with E-state index in [0.29, 0.717) is 30.1 Å². The van der Waals surface area contributed by atoms with E-state index in [1.807, 2.05) is 48.5 Å². The number of benzene rings is 2. The number of hydrogen-bond donors (Lipinski definition) is 4. The molecule has 0 aliphatic heterocycles. The van der Waals surface area contributed by atoms with Crippen molar-refractivity contribution in [1.82, 2.24) is 20.4 Å². The van der Waals surface area contributed by atoms with Crippen molar-refractivity contribution in [2.24, 2.45) is 0 Å². The number of hydrogen-bond acceptors (Lipinski definition) is 5. The molecular formula is C27H33N5O4. The highest BCUT2D eigenvalue weighted by molar-refractivity contribution is 5.97. The zero-order valence-electron chi connectivity index (χ0n) is 21.3. The van der Waals surface area contributed by atoms with Crippen molar-refractivity contribution in [3.63, 3.8) is 0 Å². The summed E-state index contributed by atoms with van der Waals surface area (Å²) in [5, 5.41) is 23.9. The second-order valence-electron chi connectivity index (χ2n) is 9.73. The molecule has 0 saturated heterocycles. The minimum absolute atomic E-state index is 0.214. The molecule has 0 radical (unpaired) electrons. The smallest absolute Gasteiger partial charge is 0.320 e. The van der Waals surface area contributed by atoms with E-state index in [2.05, 4.69) is 34.9 Å². The summed E-state index contributed by atoms with van der Waals surface area (Å²) in [6.07, 6.45) is -0.284. The van der Waals surface area contributed by atoms with Crippen molar-refractivity contribution >= 4 is 17.8 Å². The normalized spacial score (nSPS) is 18.3. The lowest BCUT2D eigenvalue weighted by Gasteiger charge is -2.41. The molecule has 1 aliphatic rings. The van der Waals surface area contributed by atoms with Crippen molar-refractivity contribution in [2.75, 3.05) is 19.5 Å². The molecule has 0 fully saturated rings. The number of nitrogens with zero attached hydrogens (tertiary/aromatic N) is 2. The third-order valence-corrected chi connectivity index (χ3v) is 6.68. The van der Waals surface area contributed by atoms with Crippen molar-refractivity contribution in [3.8, 4) is 5.69 Å². The van der Waals surface area contributed by atoms with Crippen molar-refractivity contribution in [3.05, 3.63) is 76.5 Å². The highest BCUT2D eigenvalue weighted by Crippen LogP contribution is 2.42. The summed E-state index contributed by atoms with van der Waals surface area (Å²) in [5.74, 6) is 0.0199. The van der Waals surface area contributed by atoms with E-state index in [1.54, 1.807) is 14.0 Å². The molecule has 0 saturated carbocycles. The van der Waals surface area contributed by atoms with Crippen LogP contribution in [0.1, 0.15) is 59.1 Å². The lowest BCUT2D eigenvalue weighted by atomic mass is 9.69. The molecule has 2 aromatic carbocycles. The number of aliphatic hydroxyl groups excluding tert-OH is 1. The maximum Gasteiger partial charge on any atom is 0.320 e. The molecule has 1 aliphatic carbocycles. The highest BCUT2D eigenvalue weighted by Gasteiger charge is 2.39. The Bertz CT molecular complexity index is 1270. The van der Waals surface area contributed by atoms with E-state index in [-0.39, 0.29) is 17.0 Å². The molecule has 4 N–H and O–H groups in total. The van der Waals surface area contributed by atoms with Gasteiger partial charge < -0.3 is 20.5 Å². The number of nitrogens with one attached hydrogen (secondary N) is 3. The number of urea groups is 1. The second kappa shape index (κ2) is 10.1. The summed E-state index contributed by atoms with van der Waals surface area (Å²) in [4.78, 5) is 25.7. The molecular weight excluding hydrogens is 458 g/mol. The van der Waals surface area contributed by atoms with Crippen LogP contribution in [-0.2, 0) is 16.8 Å². The average Bonchev–Trinajstić information content (AvgIpc) is 3.17. The number of carbonyl (C=O) groups excluding carboxylic acids is 2. The molecule has 2 unspecified atom stereocenters. The Hall–Kier alpha value is -3.69. The van der Waals surface area contributed by atoms with Crippen LogP contribution >= 0.6 is 0 Å². The Labute approximate surface area is 210 Å².